The number of anilines is 1. The molecule has 1 heterocycles. The fourth-order valence-corrected chi connectivity index (χ4v) is 4.46. The van der Waals surface area contributed by atoms with E-state index in [9.17, 15) is 0 Å². The first-order chi connectivity index (χ1) is 13.4. The molecule has 0 unspecified atom stereocenters. The summed E-state index contributed by atoms with van der Waals surface area (Å²) in [5, 5.41) is 7.68. The maximum absolute atomic E-state index is 5.67. The lowest BCUT2D eigenvalue weighted by Gasteiger charge is -2.37. The molecule has 4 nitrogen and oxygen atoms in total. The minimum atomic E-state index is 0.237. The highest BCUT2D eigenvalue weighted by Crippen LogP contribution is 2.17. The molecule has 1 aliphatic rings. The van der Waals surface area contributed by atoms with Gasteiger partial charge in [0.2, 0.25) is 0 Å². The van der Waals surface area contributed by atoms with E-state index in [1.165, 1.54) is 42.9 Å². The third-order valence-electron chi connectivity index (χ3n) is 5.84. The number of likely N-dealkylation sites (N-methyl/N-ethyl adjacent to an activating group) is 1. The highest BCUT2D eigenvalue weighted by Gasteiger charge is 2.33. The SMILES string of the molecule is Cc1ccc(C)c(NC(=S)N[C@H](C)[C@H](c2ccccc2)[NH+]2CC[NH+](C)CC2)c1. The molecule has 0 aliphatic carbocycles. The summed E-state index contributed by atoms with van der Waals surface area (Å²) in [7, 11) is 2.29. The lowest BCUT2D eigenvalue weighted by Crippen LogP contribution is -3.27. The zero-order valence-corrected chi connectivity index (χ0v) is 18.3. The van der Waals surface area contributed by atoms with E-state index in [4.69, 9.17) is 12.2 Å². The predicted molar refractivity (Wildman–Crippen MR) is 121 cm³/mol. The molecule has 28 heavy (non-hydrogen) atoms. The monoisotopic (exact) mass is 398 g/mol. The van der Waals surface area contributed by atoms with Crippen LogP contribution in [0.2, 0.25) is 0 Å². The third-order valence-corrected chi connectivity index (χ3v) is 6.06. The molecule has 0 amide bonds. The summed E-state index contributed by atoms with van der Waals surface area (Å²) in [5.41, 5.74) is 4.90. The number of quaternary nitrogens is 2. The van der Waals surface area contributed by atoms with Gasteiger partial charge in [-0.3, -0.25) is 0 Å². The fraction of sp³-hybridized carbons (Fsp3) is 0.435. The van der Waals surface area contributed by atoms with Gasteiger partial charge in [-0.1, -0.05) is 42.5 Å². The largest absolute Gasteiger partial charge is 0.354 e. The van der Waals surface area contributed by atoms with E-state index in [1.807, 2.05) is 0 Å². The molecular formula is C23H34N4S+2. The Morgan fingerprint density at radius 2 is 1.68 bits per heavy atom. The minimum Gasteiger partial charge on any atom is -0.354 e. The van der Waals surface area contributed by atoms with Gasteiger partial charge in [-0.15, -0.1) is 0 Å². The second-order valence-electron chi connectivity index (χ2n) is 8.21. The molecule has 2 atom stereocenters. The quantitative estimate of drug-likeness (QED) is 0.570. The number of aryl methyl sites for hydroxylation is 2. The van der Waals surface area contributed by atoms with Crippen molar-refractivity contribution in [2.45, 2.75) is 32.9 Å². The third kappa shape index (κ3) is 5.31. The van der Waals surface area contributed by atoms with Crippen molar-refractivity contribution in [3.63, 3.8) is 0 Å². The van der Waals surface area contributed by atoms with Crippen molar-refractivity contribution in [1.82, 2.24) is 5.32 Å². The van der Waals surface area contributed by atoms with E-state index < -0.39 is 0 Å². The molecule has 5 heteroatoms. The van der Waals surface area contributed by atoms with Gasteiger partial charge in [0.1, 0.15) is 32.2 Å². The molecular weight excluding hydrogens is 364 g/mol. The smallest absolute Gasteiger partial charge is 0.171 e. The number of hydrogen-bond acceptors (Lipinski definition) is 1. The average Bonchev–Trinajstić information content (AvgIpc) is 2.67. The molecule has 0 aromatic heterocycles. The van der Waals surface area contributed by atoms with Crippen LogP contribution in [0.4, 0.5) is 5.69 Å². The van der Waals surface area contributed by atoms with Crippen molar-refractivity contribution in [2.75, 3.05) is 38.5 Å². The van der Waals surface area contributed by atoms with Crippen molar-refractivity contribution >= 4 is 23.0 Å². The normalized spacial score (nSPS) is 21.6. The zero-order chi connectivity index (χ0) is 20.1. The van der Waals surface area contributed by atoms with Crippen LogP contribution in [0.15, 0.2) is 48.5 Å². The van der Waals surface area contributed by atoms with Gasteiger partial charge in [0.05, 0.1) is 13.1 Å². The Bertz CT molecular complexity index is 784. The van der Waals surface area contributed by atoms with Crippen molar-refractivity contribution in [3.05, 3.63) is 65.2 Å². The second-order valence-corrected chi connectivity index (χ2v) is 8.62. The Balaban J connectivity index is 1.72. The van der Waals surface area contributed by atoms with Crippen LogP contribution >= 0.6 is 12.2 Å². The van der Waals surface area contributed by atoms with E-state index in [0.29, 0.717) is 11.2 Å². The van der Waals surface area contributed by atoms with E-state index in [1.54, 1.807) is 9.80 Å². The first kappa shape index (κ1) is 20.8. The van der Waals surface area contributed by atoms with Crippen molar-refractivity contribution in [2.24, 2.45) is 0 Å². The van der Waals surface area contributed by atoms with Gasteiger partial charge in [0.25, 0.3) is 0 Å². The van der Waals surface area contributed by atoms with Gasteiger partial charge < -0.3 is 20.4 Å². The van der Waals surface area contributed by atoms with Crippen LogP contribution < -0.4 is 20.4 Å². The average molecular weight is 399 g/mol. The maximum atomic E-state index is 5.67. The number of nitrogens with one attached hydrogen (secondary N) is 4. The van der Waals surface area contributed by atoms with Gasteiger partial charge in [0, 0.05) is 11.3 Å². The Kier molecular flexibility index (Phi) is 7.05. The second kappa shape index (κ2) is 9.50. The molecule has 1 saturated heterocycles. The number of thiocarbonyl (C=S) groups is 1. The van der Waals surface area contributed by atoms with E-state index in [0.717, 1.165) is 5.69 Å². The summed E-state index contributed by atoms with van der Waals surface area (Å²) < 4.78 is 0. The first-order valence-corrected chi connectivity index (χ1v) is 10.7. The summed E-state index contributed by atoms with van der Waals surface area (Å²) in [4.78, 5) is 3.27. The molecule has 3 rings (SSSR count). The Morgan fingerprint density at radius 1 is 1.00 bits per heavy atom. The molecule has 150 valence electrons. The van der Waals surface area contributed by atoms with Gasteiger partial charge in [0.15, 0.2) is 5.11 Å². The standard InChI is InChI=1S/C23H32N4S/c1-17-10-11-18(2)21(16-17)25-23(28)24-19(3)22(20-8-6-5-7-9-20)27-14-12-26(4)13-15-27/h5-11,16,19,22H,12-15H2,1-4H3,(H2,24,25,28)/p+2/t19-,22-/m1/s1. The number of rotatable bonds is 5. The van der Waals surface area contributed by atoms with Gasteiger partial charge >= 0.3 is 0 Å². The lowest BCUT2D eigenvalue weighted by molar-refractivity contribution is -1.02. The number of hydrogen-bond donors (Lipinski definition) is 4. The highest BCUT2D eigenvalue weighted by atomic mass is 32.1. The van der Waals surface area contributed by atoms with Crippen molar-refractivity contribution in [3.8, 4) is 0 Å². The summed E-state index contributed by atoms with van der Waals surface area (Å²) in [6, 6.07) is 17.9. The Hall–Kier alpha value is -1.95. The minimum absolute atomic E-state index is 0.237. The van der Waals surface area contributed by atoms with E-state index in [2.05, 4.69) is 87.0 Å². The van der Waals surface area contributed by atoms with Crippen LogP contribution in [0.3, 0.4) is 0 Å². The molecule has 1 aliphatic heterocycles. The van der Waals surface area contributed by atoms with Gasteiger partial charge in [-0.25, -0.2) is 0 Å². The van der Waals surface area contributed by atoms with Crippen molar-refractivity contribution < 1.29 is 9.80 Å². The number of piperazine rings is 1. The maximum Gasteiger partial charge on any atom is 0.171 e. The molecule has 1 fully saturated rings. The predicted octanol–water partition coefficient (Wildman–Crippen LogP) is 1.13. The molecule has 0 saturated carbocycles. The van der Waals surface area contributed by atoms with Gasteiger partial charge in [-0.05, 0) is 50.2 Å². The molecule has 2 aromatic carbocycles. The molecule has 2 aromatic rings. The summed E-state index contributed by atoms with van der Waals surface area (Å²) in [5.74, 6) is 0. The van der Waals surface area contributed by atoms with Gasteiger partial charge in [-0.2, -0.15) is 0 Å². The Labute approximate surface area is 174 Å². The highest BCUT2D eigenvalue weighted by molar-refractivity contribution is 7.80. The lowest BCUT2D eigenvalue weighted by atomic mass is 9.98. The topological polar surface area (TPSA) is 32.9 Å². The summed E-state index contributed by atoms with van der Waals surface area (Å²) in [6.07, 6.45) is 0. The Morgan fingerprint density at radius 3 is 2.36 bits per heavy atom. The summed E-state index contributed by atoms with van der Waals surface area (Å²) >= 11 is 5.67. The molecule has 4 N–H and O–H groups in total. The zero-order valence-electron chi connectivity index (χ0n) is 17.5. The van der Waals surface area contributed by atoms with E-state index >= 15 is 0 Å². The van der Waals surface area contributed by atoms with Crippen LogP contribution in [0.5, 0.6) is 0 Å². The van der Waals surface area contributed by atoms with Crippen LogP contribution in [-0.4, -0.2) is 44.4 Å². The van der Waals surface area contributed by atoms with Crippen LogP contribution in [0.1, 0.15) is 29.7 Å². The van der Waals surface area contributed by atoms with Crippen LogP contribution in [0.25, 0.3) is 0 Å². The molecule has 0 bridgehead atoms. The van der Waals surface area contributed by atoms with Crippen LogP contribution in [0, 0.1) is 13.8 Å². The van der Waals surface area contributed by atoms with E-state index in [-0.39, 0.29) is 6.04 Å². The fourth-order valence-electron chi connectivity index (χ4n) is 4.17. The van der Waals surface area contributed by atoms with Crippen LogP contribution in [-0.2, 0) is 0 Å². The number of benzene rings is 2. The van der Waals surface area contributed by atoms with Crippen molar-refractivity contribution in [1.29, 1.82) is 0 Å². The molecule has 0 radical (unpaired) electrons. The molecule has 0 spiro atoms. The first-order valence-electron chi connectivity index (χ1n) is 10.3. The summed E-state index contributed by atoms with van der Waals surface area (Å²) in [6.45, 7) is 11.3.